The van der Waals surface area contributed by atoms with E-state index in [2.05, 4.69) is 10.3 Å². The molecule has 4 rings (SSSR count). The molecule has 0 saturated carbocycles. The predicted molar refractivity (Wildman–Crippen MR) is 123 cm³/mol. The molecule has 0 unspecified atom stereocenters. The zero-order valence-electron chi connectivity index (χ0n) is 18.2. The molecule has 0 radical (unpaired) electrons. The van der Waals surface area contributed by atoms with E-state index in [0.717, 1.165) is 18.2 Å². The van der Waals surface area contributed by atoms with Gasteiger partial charge in [-0.05, 0) is 61.4 Å². The van der Waals surface area contributed by atoms with Crippen molar-refractivity contribution in [2.24, 2.45) is 0 Å². The molecule has 1 aliphatic heterocycles. The molecule has 1 aliphatic rings. The van der Waals surface area contributed by atoms with Crippen LogP contribution in [0.15, 0.2) is 53.3 Å². The summed E-state index contributed by atoms with van der Waals surface area (Å²) in [5.74, 6) is 1.40. The molecule has 0 bridgehead atoms. The van der Waals surface area contributed by atoms with Gasteiger partial charge in [-0.2, -0.15) is 0 Å². The summed E-state index contributed by atoms with van der Waals surface area (Å²) in [6, 6.07) is 14.1. The van der Waals surface area contributed by atoms with E-state index in [4.69, 9.17) is 14.2 Å². The highest BCUT2D eigenvalue weighted by molar-refractivity contribution is 5.89. The predicted octanol–water partition coefficient (Wildman–Crippen LogP) is 3.76. The molecule has 1 saturated heterocycles. The fraction of sp³-hybridized carbons (Fsp3) is 0.333. The smallest absolute Gasteiger partial charge is 0.322 e. The van der Waals surface area contributed by atoms with Crippen LogP contribution in [0.3, 0.4) is 0 Å². The number of hydrogen-bond donors (Lipinski definition) is 2. The van der Waals surface area contributed by atoms with Crippen molar-refractivity contribution in [3.05, 3.63) is 64.4 Å². The maximum absolute atomic E-state index is 13.1. The summed E-state index contributed by atoms with van der Waals surface area (Å²) < 4.78 is 16.2. The van der Waals surface area contributed by atoms with Gasteiger partial charge in [-0.25, -0.2) is 4.79 Å². The minimum atomic E-state index is -0.296. The van der Waals surface area contributed by atoms with Crippen LogP contribution in [0, 0.1) is 0 Å². The largest absolute Gasteiger partial charge is 0.497 e. The number of benzene rings is 2. The number of hydrogen-bond acceptors (Lipinski definition) is 5. The number of H-pyrrole nitrogens is 1. The quantitative estimate of drug-likeness (QED) is 0.587. The molecule has 3 aromatic rings. The molecular formula is C24H27N3O5. The van der Waals surface area contributed by atoms with Crippen LogP contribution in [0.4, 0.5) is 10.5 Å². The first-order valence-corrected chi connectivity index (χ1v) is 10.6. The third-order valence-corrected chi connectivity index (χ3v) is 5.57. The lowest BCUT2D eigenvalue weighted by atomic mass is 10.1. The zero-order chi connectivity index (χ0) is 22.5. The summed E-state index contributed by atoms with van der Waals surface area (Å²) in [6.07, 6.45) is 1.81. The van der Waals surface area contributed by atoms with E-state index < -0.39 is 0 Å². The molecule has 8 nitrogen and oxygen atoms in total. The molecule has 32 heavy (non-hydrogen) atoms. The first-order chi connectivity index (χ1) is 15.6. The SMILES string of the molecule is COc1ccc(NC(=O)N(Cc2cc3cc(OC)ccc3[nH]c2=O)C[C@@H]2CCCO2)cc1. The van der Waals surface area contributed by atoms with Crippen molar-refractivity contribution in [1.29, 1.82) is 0 Å². The number of methoxy groups -OCH3 is 2. The van der Waals surface area contributed by atoms with E-state index in [1.165, 1.54) is 0 Å². The number of amides is 2. The van der Waals surface area contributed by atoms with Gasteiger partial charge < -0.3 is 29.4 Å². The molecule has 1 fully saturated rings. The van der Waals surface area contributed by atoms with Gasteiger partial charge in [-0.1, -0.05) is 0 Å². The Morgan fingerprint density at radius 1 is 1.12 bits per heavy atom. The van der Waals surface area contributed by atoms with Crippen LogP contribution in [0.1, 0.15) is 18.4 Å². The molecule has 2 aromatic carbocycles. The minimum Gasteiger partial charge on any atom is -0.497 e. The van der Waals surface area contributed by atoms with Crippen LogP contribution in [0.2, 0.25) is 0 Å². The second-order valence-corrected chi connectivity index (χ2v) is 7.75. The molecule has 0 aliphatic carbocycles. The van der Waals surface area contributed by atoms with Crippen LogP contribution in [0.25, 0.3) is 10.9 Å². The maximum Gasteiger partial charge on any atom is 0.322 e. The second kappa shape index (κ2) is 9.74. The van der Waals surface area contributed by atoms with E-state index >= 15 is 0 Å². The number of aromatic amines is 1. The molecule has 2 heterocycles. The van der Waals surface area contributed by atoms with E-state index in [0.29, 0.717) is 41.4 Å². The Hall–Kier alpha value is -3.52. The lowest BCUT2D eigenvalue weighted by Crippen LogP contribution is -2.40. The summed E-state index contributed by atoms with van der Waals surface area (Å²) in [7, 11) is 3.19. The van der Waals surface area contributed by atoms with Gasteiger partial charge in [0.15, 0.2) is 0 Å². The van der Waals surface area contributed by atoms with E-state index in [1.54, 1.807) is 61.6 Å². The van der Waals surface area contributed by atoms with Gasteiger partial charge in [0.2, 0.25) is 0 Å². The summed E-state index contributed by atoms with van der Waals surface area (Å²) in [5.41, 5.74) is 1.63. The molecule has 2 N–H and O–H groups in total. The highest BCUT2D eigenvalue weighted by Gasteiger charge is 2.24. The number of aromatic nitrogens is 1. The average Bonchev–Trinajstić information content (AvgIpc) is 3.32. The number of carbonyl (C=O) groups is 1. The van der Waals surface area contributed by atoms with Gasteiger partial charge in [0.05, 0.1) is 26.9 Å². The number of rotatable bonds is 7. The monoisotopic (exact) mass is 437 g/mol. The van der Waals surface area contributed by atoms with Crippen LogP contribution >= 0.6 is 0 Å². The fourth-order valence-electron chi connectivity index (χ4n) is 3.81. The van der Waals surface area contributed by atoms with Crippen molar-refractivity contribution in [2.75, 3.05) is 32.7 Å². The van der Waals surface area contributed by atoms with Gasteiger partial charge in [-0.15, -0.1) is 0 Å². The first-order valence-electron chi connectivity index (χ1n) is 10.6. The molecule has 0 spiro atoms. The number of anilines is 1. The lowest BCUT2D eigenvalue weighted by Gasteiger charge is -2.26. The Bertz CT molecular complexity index is 1140. The molecule has 1 atom stereocenters. The van der Waals surface area contributed by atoms with Crippen LogP contribution in [-0.4, -0.2) is 49.4 Å². The van der Waals surface area contributed by atoms with Gasteiger partial charge in [-0.3, -0.25) is 4.79 Å². The van der Waals surface area contributed by atoms with Gasteiger partial charge in [0.25, 0.3) is 5.56 Å². The summed E-state index contributed by atoms with van der Waals surface area (Å²) in [5, 5.41) is 3.75. The number of nitrogens with zero attached hydrogens (tertiary/aromatic N) is 1. The van der Waals surface area contributed by atoms with Crippen molar-refractivity contribution in [1.82, 2.24) is 9.88 Å². The van der Waals surface area contributed by atoms with Crippen LogP contribution in [-0.2, 0) is 11.3 Å². The van der Waals surface area contributed by atoms with Crippen molar-refractivity contribution >= 4 is 22.6 Å². The van der Waals surface area contributed by atoms with Crippen molar-refractivity contribution in [3.63, 3.8) is 0 Å². The topological polar surface area (TPSA) is 92.9 Å². The van der Waals surface area contributed by atoms with Crippen LogP contribution in [0.5, 0.6) is 11.5 Å². The Morgan fingerprint density at radius 3 is 2.56 bits per heavy atom. The summed E-state index contributed by atoms with van der Waals surface area (Å²) in [4.78, 5) is 30.4. The summed E-state index contributed by atoms with van der Waals surface area (Å²) >= 11 is 0. The number of ether oxygens (including phenoxy) is 3. The van der Waals surface area contributed by atoms with Crippen molar-refractivity contribution < 1.29 is 19.0 Å². The average molecular weight is 437 g/mol. The van der Waals surface area contributed by atoms with E-state index in [1.807, 2.05) is 6.07 Å². The second-order valence-electron chi connectivity index (χ2n) is 7.75. The van der Waals surface area contributed by atoms with Crippen LogP contribution < -0.4 is 20.3 Å². The third-order valence-electron chi connectivity index (χ3n) is 5.57. The Labute approximate surface area is 186 Å². The highest BCUT2D eigenvalue weighted by Crippen LogP contribution is 2.21. The Kier molecular flexibility index (Phi) is 6.61. The molecule has 8 heteroatoms. The zero-order valence-corrected chi connectivity index (χ0v) is 18.2. The number of urea groups is 1. The van der Waals surface area contributed by atoms with E-state index in [9.17, 15) is 9.59 Å². The van der Waals surface area contributed by atoms with Crippen molar-refractivity contribution in [2.45, 2.75) is 25.5 Å². The first kappa shape index (κ1) is 21.7. The lowest BCUT2D eigenvalue weighted by molar-refractivity contribution is 0.0818. The van der Waals surface area contributed by atoms with Gasteiger partial charge in [0.1, 0.15) is 11.5 Å². The number of nitrogens with one attached hydrogen (secondary N) is 2. The van der Waals surface area contributed by atoms with Crippen molar-refractivity contribution in [3.8, 4) is 11.5 Å². The van der Waals surface area contributed by atoms with E-state index in [-0.39, 0.29) is 24.2 Å². The summed E-state index contributed by atoms with van der Waals surface area (Å²) in [6.45, 7) is 1.25. The maximum atomic E-state index is 13.1. The highest BCUT2D eigenvalue weighted by atomic mass is 16.5. The molecule has 2 amide bonds. The third kappa shape index (κ3) is 5.03. The molecule has 168 valence electrons. The molecular weight excluding hydrogens is 410 g/mol. The minimum absolute atomic E-state index is 0.0451. The Balaban J connectivity index is 1.58. The van der Waals surface area contributed by atoms with Gasteiger partial charge >= 0.3 is 6.03 Å². The van der Waals surface area contributed by atoms with Gasteiger partial charge in [0, 0.05) is 35.3 Å². The number of pyridine rings is 1. The number of carbonyl (C=O) groups excluding carboxylic acids is 1. The molecule has 1 aromatic heterocycles. The standard InChI is InChI=1S/C24H27N3O5/c1-30-19-7-5-18(6-8-19)25-24(29)27(15-21-4-3-11-32-21)14-17-12-16-13-20(31-2)9-10-22(16)26-23(17)28/h5-10,12-13,21H,3-4,11,14-15H2,1-2H3,(H,25,29)(H,26,28)/t21-/m0/s1. The normalized spacial score (nSPS) is 15.5. The number of fused-ring (bicyclic) bond motifs is 1. The Morgan fingerprint density at radius 2 is 1.88 bits per heavy atom. The fourth-order valence-corrected chi connectivity index (χ4v) is 3.81.